The fourth-order valence-electron chi connectivity index (χ4n) is 3.07. The van der Waals surface area contributed by atoms with Crippen LogP contribution in [0.1, 0.15) is 27.0 Å². The predicted octanol–water partition coefficient (Wildman–Crippen LogP) is 7.49. The average Bonchev–Trinajstić information content (AvgIpc) is 2.75. The predicted molar refractivity (Wildman–Crippen MR) is 118 cm³/mol. The zero-order valence-corrected chi connectivity index (χ0v) is 20.9. The molecule has 0 bridgehead atoms. The third kappa shape index (κ3) is 7.76. The van der Waals surface area contributed by atoms with Gasteiger partial charge in [0.2, 0.25) is 0 Å². The number of carbonyl (C=O) groups excluding carboxylic acids is 1. The number of anilines is 1. The Hall–Kier alpha value is -3.19. The van der Waals surface area contributed by atoms with E-state index in [9.17, 15) is 61.9 Å². The second kappa shape index (κ2) is 11.2. The lowest BCUT2D eigenvalue weighted by Gasteiger charge is -2.35. The van der Waals surface area contributed by atoms with Gasteiger partial charge in [-0.1, -0.05) is 29.3 Å². The van der Waals surface area contributed by atoms with Crippen LogP contribution in [0.3, 0.4) is 0 Å². The minimum atomic E-state index is -7.53. The fraction of sp³-hybridized carbons (Fsp3) is 0.364. The van der Waals surface area contributed by atoms with Crippen molar-refractivity contribution in [3.63, 3.8) is 0 Å². The molecule has 2 N–H and O–H groups in total. The number of hydrogen-bond acceptors (Lipinski definition) is 4. The molecule has 2 aromatic rings. The van der Waals surface area contributed by atoms with Crippen molar-refractivity contribution in [2.24, 2.45) is 0 Å². The molecule has 19 heteroatoms. The Morgan fingerprint density at radius 3 is 1.76 bits per heavy atom. The molecule has 0 aliphatic carbocycles. The lowest BCUT2D eigenvalue weighted by molar-refractivity contribution is -0.535. The van der Waals surface area contributed by atoms with Gasteiger partial charge in [-0.2, -0.15) is 43.9 Å². The van der Waals surface area contributed by atoms with E-state index < -0.39 is 58.8 Å². The number of benzene rings is 2. The van der Waals surface area contributed by atoms with Crippen molar-refractivity contribution in [3.8, 4) is 0 Å². The summed E-state index contributed by atoms with van der Waals surface area (Å²) in [4.78, 5) is 12.3. The van der Waals surface area contributed by atoms with Gasteiger partial charge in [0.15, 0.2) is 5.11 Å². The maximum absolute atomic E-state index is 14.5. The Morgan fingerprint density at radius 1 is 0.732 bits per heavy atom. The molecule has 41 heavy (non-hydrogen) atoms. The topological polar surface area (TPSA) is 59.6 Å². The van der Waals surface area contributed by atoms with Crippen LogP contribution in [-0.4, -0.2) is 41.6 Å². The monoisotopic (exact) mass is 634 g/mol. The van der Waals surface area contributed by atoms with Gasteiger partial charge in [0.25, 0.3) is 5.91 Å². The third-order valence-electron chi connectivity index (χ3n) is 4.79. The van der Waals surface area contributed by atoms with Crippen LogP contribution in [-0.2, 0) is 15.4 Å². The van der Waals surface area contributed by atoms with Crippen molar-refractivity contribution < 1.29 is 71.3 Å². The number of halogens is 13. The SMILES string of the molecule is Cc1cc(C)cc(C(=O)NC(=S)Nc2cccc(C(F)(F)C(F)(F)OC(F)(F)C(F)(F)C(F)(F)OC(F)(F)F)c2)c1. The summed E-state index contributed by atoms with van der Waals surface area (Å²) in [5.74, 6) is -14.3. The van der Waals surface area contributed by atoms with E-state index >= 15 is 0 Å². The van der Waals surface area contributed by atoms with Gasteiger partial charge < -0.3 is 5.32 Å². The number of nitrogens with one attached hydrogen (secondary N) is 2. The van der Waals surface area contributed by atoms with Crippen LogP contribution in [0, 0.1) is 13.8 Å². The van der Waals surface area contributed by atoms with Gasteiger partial charge in [-0.15, -0.1) is 13.2 Å². The first-order chi connectivity index (χ1) is 18.3. The van der Waals surface area contributed by atoms with Crippen molar-refractivity contribution in [2.75, 3.05) is 5.32 Å². The molecule has 0 radical (unpaired) electrons. The highest BCUT2D eigenvalue weighted by Gasteiger charge is 2.80. The van der Waals surface area contributed by atoms with Crippen molar-refractivity contribution in [2.45, 2.75) is 50.4 Å². The second-order valence-electron chi connectivity index (χ2n) is 8.21. The lowest BCUT2D eigenvalue weighted by Crippen LogP contribution is -2.61. The molecule has 1 amide bonds. The maximum atomic E-state index is 14.5. The molecule has 0 fully saturated rings. The highest BCUT2D eigenvalue weighted by molar-refractivity contribution is 7.80. The Labute approximate surface area is 226 Å². The quantitative estimate of drug-likeness (QED) is 0.221. The van der Waals surface area contributed by atoms with Gasteiger partial charge in [0.1, 0.15) is 0 Å². The van der Waals surface area contributed by atoms with Crippen LogP contribution in [0.25, 0.3) is 0 Å². The number of alkyl halides is 13. The van der Waals surface area contributed by atoms with E-state index in [1.165, 1.54) is 12.1 Å². The molecule has 0 atom stereocenters. The van der Waals surface area contributed by atoms with Crippen molar-refractivity contribution in [1.82, 2.24) is 5.32 Å². The molecule has 0 heterocycles. The Kier molecular flexibility index (Phi) is 9.32. The summed E-state index contributed by atoms with van der Waals surface area (Å²) in [6.45, 7) is 3.34. The molecule has 228 valence electrons. The van der Waals surface area contributed by atoms with Gasteiger partial charge >= 0.3 is 36.5 Å². The van der Waals surface area contributed by atoms with E-state index in [0.29, 0.717) is 17.2 Å². The standard InChI is InChI=1S/C22H15F13N2O3S/c1-10-6-11(2)8-12(7-10)15(38)37-16(41)36-14-5-3-4-13(9-14)17(23,24)19(27,28)39-20(29,30)18(25,26)21(31,32)40-22(33,34)35/h3-9H,1-2H3,(H2,36,37,38,41). The highest BCUT2D eigenvalue weighted by atomic mass is 32.1. The summed E-state index contributed by atoms with van der Waals surface area (Å²) in [5, 5.41) is 3.71. The third-order valence-corrected chi connectivity index (χ3v) is 4.99. The van der Waals surface area contributed by atoms with Gasteiger partial charge in [0, 0.05) is 16.8 Å². The zero-order valence-electron chi connectivity index (χ0n) is 20.1. The molecule has 0 aliphatic heterocycles. The van der Waals surface area contributed by atoms with E-state index in [1.54, 1.807) is 24.7 Å². The Balaban J connectivity index is 2.26. The van der Waals surface area contributed by atoms with Crippen LogP contribution < -0.4 is 10.6 Å². The van der Waals surface area contributed by atoms with E-state index in [1.807, 2.05) is 0 Å². The minimum absolute atomic E-state index is 0.115. The smallest absolute Gasteiger partial charge is 0.332 e. The summed E-state index contributed by atoms with van der Waals surface area (Å²) in [6, 6.07) is 6.41. The van der Waals surface area contributed by atoms with Crippen LogP contribution >= 0.6 is 12.2 Å². The number of ether oxygens (including phenoxy) is 2. The number of thiocarbonyl (C=S) groups is 1. The maximum Gasteiger partial charge on any atom is 0.527 e. The van der Waals surface area contributed by atoms with Gasteiger partial charge in [-0.05, 0) is 50.3 Å². The van der Waals surface area contributed by atoms with E-state index in [2.05, 4.69) is 15.4 Å². The Morgan fingerprint density at radius 2 is 1.24 bits per heavy atom. The molecular formula is C22H15F13N2O3S. The van der Waals surface area contributed by atoms with E-state index in [-0.39, 0.29) is 17.7 Å². The normalized spacial score (nSPS) is 13.6. The number of rotatable bonds is 9. The number of hydrogen-bond donors (Lipinski definition) is 2. The van der Waals surface area contributed by atoms with Crippen LogP contribution in [0.4, 0.5) is 62.8 Å². The molecule has 2 aromatic carbocycles. The Bertz CT molecular complexity index is 1280. The number of amides is 1. The van der Waals surface area contributed by atoms with Crippen molar-refractivity contribution in [1.29, 1.82) is 0 Å². The molecule has 0 unspecified atom stereocenters. The van der Waals surface area contributed by atoms with E-state index in [4.69, 9.17) is 12.2 Å². The summed E-state index contributed by atoms with van der Waals surface area (Å²) in [5.41, 5.74) is -1.04. The van der Waals surface area contributed by atoms with Crippen LogP contribution in [0.15, 0.2) is 42.5 Å². The lowest BCUT2D eigenvalue weighted by atomic mass is 10.1. The van der Waals surface area contributed by atoms with Crippen LogP contribution in [0.5, 0.6) is 0 Å². The fourth-order valence-corrected chi connectivity index (χ4v) is 3.28. The van der Waals surface area contributed by atoms with Gasteiger partial charge in [-0.3, -0.25) is 10.1 Å². The second-order valence-corrected chi connectivity index (χ2v) is 8.62. The van der Waals surface area contributed by atoms with Crippen molar-refractivity contribution >= 4 is 28.9 Å². The zero-order chi connectivity index (χ0) is 31.8. The molecule has 0 spiro atoms. The van der Waals surface area contributed by atoms with Crippen LogP contribution in [0.2, 0.25) is 0 Å². The molecule has 0 saturated heterocycles. The minimum Gasteiger partial charge on any atom is -0.332 e. The first kappa shape index (κ1) is 34.0. The summed E-state index contributed by atoms with van der Waals surface area (Å²) < 4.78 is 177. The largest absolute Gasteiger partial charge is 0.527 e. The first-order valence-electron chi connectivity index (χ1n) is 10.5. The highest BCUT2D eigenvalue weighted by Crippen LogP contribution is 2.54. The molecular weight excluding hydrogens is 619 g/mol. The average molecular weight is 634 g/mol. The molecule has 5 nitrogen and oxygen atoms in total. The molecule has 2 rings (SSSR count). The van der Waals surface area contributed by atoms with Gasteiger partial charge in [0.05, 0.1) is 0 Å². The molecule has 0 aromatic heterocycles. The summed E-state index contributed by atoms with van der Waals surface area (Å²) in [7, 11) is 0. The first-order valence-corrected chi connectivity index (χ1v) is 10.9. The molecule has 0 saturated carbocycles. The van der Waals surface area contributed by atoms with E-state index in [0.717, 1.165) is 6.07 Å². The molecule has 0 aliphatic rings. The number of carbonyl (C=O) groups is 1. The summed E-state index contributed by atoms with van der Waals surface area (Å²) in [6.07, 6.45) is -28.0. The number of aryl methyl sites for hydroxylation is 2. The van der Waals surface area contributed by atoms with Gasteiger partial charge in [-0.25, -0.2) is 9.47 Å². The summed E-state index contributed by atoms with van der Waals surface area (Å²) >= 11 is 4.82. The van der Waals surface area contributed by atoms with Crippen molar-refractivity contribution in [3.05, 3.63) is 64.7 Å².